The van der Waals surface area contributed by atoms with Crippen molar-refractivity contribution in [3.05, 3.63) is 62.0 Å². The van der Waals surface area contributed by atoms with Crippen LogP contribution in [0.2, 0.25) is 0 Å². The predicted molar refractivity (Wildman–Crippen MR) is 78.8 cm³/mol. The van der Waals surface area contributed by atoms with Crippen molar-refractivity contribution in [3.8, 4) is 5.75 Å². The Morgan fingerprint density at radius 1 is 1.10 bits per heavy atom. The van der Waals surface area contributed by atoms with Crippen LogP contribution in [0, 0.1) is 11.6 Å². The minimum absolute atomic E-state index is 0.275. The number of rotatable bonds is 3. The second-order valence-electron chi connectivity index (χ2n) is 4.07. The summed E-state index contributed by atoms with van der Waals surface area (Å²) in [5.41, 5.74) is -0.0370. The Balaban J connectivity index is 2.49. The topological polar surface area (TPSA) is 29.5 Å². The molecule has 1 N–H and O–H groups in total. The lowest BCUT2D eigenvalue weighted by molar-refractivity contribution is 0.208. The van der Waals surface area contributed by atoms with Gasteiger partial charge in [0.25, 0.3) is 0 Å². The number of benzene rings is 2. The molecule has 0 spiro atoms. The standard InChI is InChI=1S/C14H10Br2F2O2/c1-20-8-2-3-9(10(16)6-8)14(19)13-11(17)4-7(15)5-12(13)18/h2-6,14,19H,1H3. The molecule has 2 aromatic rings. The van der Waals surface area contributed by atoms with Crippen molar-refractivity contribution in [2.45, 2.75) is 6.10 Å². The van der Waals surface area contributed by atoms with Crippen molar-refractivity contribution in [2.24, 2.45) is 0 Å². The third-order valence-electron chi connectivity index (χ3n) is 2.82. The highest BCUT2D eigenvalue weighted by Gasteiger charge is 2.22. The monoisotopic (exact) mass is 406 g/mol. The number of ether oxygens (including phenoxy) is 1. The van der Waals surface area contributed by atoms with Gasteiger partial charge in [0.15, 0.2) is 0 Å². The Kier molecular flexibility index (Phi) is 4.78. The molecule has 0 radical (unpaired) electrons. The maximum Gasteiger partial charge on any atom is 0.133 e. The van der Waals surface area contributed by atoms with Gasteiger partial charge in [0.2, 0.25) is 0 Å². The van der Waals surface area contributed by atoms with Crippen molar-refractivity contribution in [3.63, 3.8) is 0 Å². The summed E-state index contributed by atoms with van der Waals surface area (Å²) in [5.74, 6) is -1.05. The molecule has 0 aliphatic rings. The Hall–Kier alpha value is -0.980. The van der Waals surface area contributed by atoms with Gasteiger partial charge < -0.3 is 9.84 Å². The molecule has 0 aliphatic heterocycles. The zero-order valence-corrected chi connectivity index (χ0v) is 13.5. The van der Waals surface area contributed by atoms with Gasteiger partial charge in [-0.2, -0.15) is 0 Å². The maximum absolute atomic E-state index is 13.9. The van der Waals surface area contributed by atoms with Crippen LogP contribution in [0.4, 0.5) is 8.78 Å². The normalized spacial score (nSPS) is 12.3. The molecule has 2 aromatic carbocycles. The van der Waals surface area contributed by atoms with Crippen LogP contribution < -0.4 is 4.74 Å². The Morgan fingerprint density at radius 2 is 1.70 bits per heavy atom. The quantitative estimate of drug-likeness (QED) is 0.806. The Labute approximate surface area is 131 Å². The average Bonchev–Trinajstić information content (AvgIpc) is 2.37. The van der Waals surface area contributed by atoms with Gasteiger partial charge in [0.05, 0.1) is 12.7 Å². The summed E-state index contributed by atoms with van der Waals surface area (Å²) in [6, 6.07) is 7.00. The van der Waals surface area contributed by atoms with Crippen LogP contribution in [-0.4, -0.2) is 12.2 Å². The number of halogens is 4. The molecule has 0 bridgehead atoms. The number of aliphatic hydroxyl groups is 1. The summed E-state index contributed by atoms with van der Waals surface area (Å²) >= 11 is 6.25. The van der Waals surface area contributed by atoms with Gasteiger partial charge in [0, 0.05) is 8.95 Å². The lowest BCUT2D eigenvalue weighted by Crippen LogP contribution is -2.07. The van der Waals surface area contributed by atoms with E-state index in [0.717, 1.165) is 12.1 Å². The zero-order valence-electron chi connectivity index (χ0n) is 10.3. The molecule has 6 heteroatoms. The fraction of sp³-hybridized carbons (Fsp3) is 0.143. The van der Waals surface area contributed by atoms with Gasteiger partial charge in [-0.15, -0.1) is 0 Å². The van der Waals surface area contributed by atoms with E-state index < -0.39 is 17.7 Å². The van der Waals surface area contributed by atoms with Crippen LogP contribution >= 0.6 is 31.9 Å². The molecule has 1 unspecified atom stereocenters. The number of methoxy groups -OCH3 is 1. The zero-order chi connectivity index (χ0) is 14.9. The van der Waals surface area contributed by atoms with E-state index in [0.29, 0.717) is 15.8 Å². The Bertz CT molecular complexity index is 624. The molecule has 2 nitrogen and oxygen atoms in total. The van der Waals surface area contributed by atoms with Crippen LogP contribution in [0.3, 0.4) is 0 Å². The number of hydrogen-bond donors (Lipinski definition) is 1. The maximum atomic E-state index is 13.9. The second kappa shape index (κ2) is 6.20. The molecule has 0 saturated carbocycles. The molecule has 2 rings (SSSR count). The van der Waals surface area contributed by atoms with E-state index in [1.807, 2.05) is 0 Å². The summed E-state index contributed by atoms with van der Waals surface area (Å²) in [6.07, 6.45) is -1.41. The van der Waals surface area contributed by atoms with Gasteiger partial charge in [0.1, 0.15) is 23.5 Å². The van der Waals surface area contributed by atoms with Gasteiger partial charge >= 0.3 is 0 Å². The first-order valence-electron chi connectivity index (χ1n) is 5.60. The molecule has 0 aromatic heterocycles. The summed E-state index contributed by atoms with van der Waals surface area (Å²) < 4.78 is 33.5. The highest BCUT2D eigenvalue weighted by atomic mass is 79.9. The lowest BCUT2D eigenvalue weighted by Gasteiger charge is -2.16. The molecular formula is C14H10Br2F2O2. The molecule has 1 atom stereocenters. The Morgan fingerprint density at radius 3 is 2.20 bits per heavy atom. The van der Waals surface area contributed by atoms with Crippen molar-refractivity contribution >= 4 is 31.9 Å². The van der Waals surface area contributed by atoms with E-state index >= 15 is 0 Å². The van der Waals surface area contributed by atoms with Crippen LogP contribution in [0.15, 0.2) is 39.3 Å². The lowest BCUT2D eigenvalue weighted by atomic mass is 10.0. The largest absolute Gasteiger partial charge is 0.497 e. The van der Waals surface area contributed by atoms with Gasteiger partial charge in [-0.3, -0.25) is 0 Å². The van der Waals surface area contributed by atoms with E-state index in [1.165, 1.54) is 7.11 Å². The summed E-state index contributed by atoms with van der Waals surface area (Å²) in [7, 11) is 1.51. The van der Waals surface area contributed by atoms with E-state index in [1.54, 1.807) is 18.2 Å². The fourth-order valence-corrected chi connectivity index (χ4v) is 2.80. The molecule has 0 aliphatic carbocycles. The molecule has 20 heavy (non-hydrogen) atoms. The summed E-state index contributed by atoms with van der Waals surface area (Å²) in [5, 5.41) is 10.2. The van der Waals surface area contributed by atoms with Crippen LogP contribution in [-0.2, 0) is 0 Å². The first-order valence-corrected chi connectivity index (χ1v) is 7.18. The molecule has 0 fully saturated rings. The molecule has 0 heterocycles. The van der Waals surface area contributed by atoms with E-state index in [4.69, 9.17) is 4.74 Å². The van der Waals surface area contributed by atoms with Crippen LogP contribution in [0.5, 0.6) is 5.75 Å². The SMILES string of the molecule is COc1ccc(C(O)c2c(F)cc(Br)cc2F)c(Br)c1. The summed E-state index contributed by atoms with van der Waals surface area (Å²) in [4.78, 5) is 0. The highest BCUT2D eigenvalue weighted by Crippen LogP contribution is 2.34. The van der Waals surface area contributed by atoms with E-state index in [9.17, 15) is 13.9 Å². The minimum atomic E-state index is -1.41. The molecule has 0 amide bonds. The molecular weight excluding hydrogens is 398 g/mol. The van der Waals surface area contributed by atoms with Crippen LogP contribution in [0.1, 0.15) is 17.2 Å². The van der Waals surface area contributed by atoms with Crippen molar-refractivity contribution in [1.82, 2.24) is 0 Å². The van der Waals surface area contributed by atoms with Crippen molar-refractivity contribution in [1.29, 1.82) is 0 Å². The minimum Gasteiger partial charge on any atom is -0.497 e. The molecule has 0 saturated heterocycles. The van der Waals surface area contributed by atoms with Gasteiger partial charge in [-0.25, -0.2) is 8.78 Å². The second-order valence-corrected chi connectivity index (χ2v) is 5.84. The first kappa shape index (κ1) is 15.4. The van der Waals surface area contributed by atoms with Gasteiger partial charge in [-0.1, -0.05) is 37.9 Å². The average molecular weight is 408 g/mol. The third kappa shape index (κ3) is 3.02. The number of aliphatic hydroxyl groups excluding tert-OH is 1. The molecule has 106 valence electrons. The highest BCUT2D eigenvalue weighted by molar-refractivity contribution is 9.10. The fourth-order valence-electron chi connectivity index (χ4n) is 1.83. The van der Waals surface area contributed by atoms with Crippen molar-refractivity contribution < 1.29 is 18.6 Å². The van der Waals surface area contributed by atoms with E-state index in [2.05, 4.69) is 31.9 Å². The first-order chi connectivity index (χ1) is 9.43. The predicted octanol–water partition coefficient (Wildman–Crippen LogP) is 4.58. The third-order valence-corrected chi connectivity index (χ3v) is 3.96. The van der Waals surface area contributed by atoms with Crippen molar-refractivity contribution in [2.75, 3.05) is 7.11 Å². The van der Waals surface area contributed by atoms with Gasteiger partial charge in [-0.05, 0) is 29.8 Å². The van der Waals surface area contributed by atoms with Crippen LogP contribution in [0.25, 0.3) is 0 Å². The smallest absolute Gasteiger partial charge is 0.133 e. The summed E-state index contributed by atoms with van der Waals surface area (Å²) in [6.45, 7) is 0. The van der Waals surface area contributed by atoms with E-state index in [-0.39, 0.29) is 10.0 Å². The number of hydrogen-bond acceptors (Lipinski definition) is 2.